The van der Waals surface area contributed by atoms with E-state index in [2.05, 4.69) is 46.8 Å². The lowest BCUT2D eigenvalue weighted by molar-refractivity contribution is 0.0665. The molecule has 1 aliphatic rings. The fourth-order valence-corrected chi connectivity index (χ4v) is 3.53. The van der Waals surface area contributed by atoms with E-state index in [-0.39, 0.29) is 0 Å². The smallest absolute Gasteiger partial charge is 0.0551 e. The average Bonchev–Trinajstić information content (AvgIpc) is 2.41. The molecule has 0 bridgehead atoms. The Morgan fingerprint density at radius 1 is 1.47 bits per heavy atom. The standard InChI is InChI=1S/C15H22BrClN2/c1-10(2)19-7-3-4-12(9-18)15(19)11-5-6-13(16)14(17)8-11/h5-6,8,10,12,15H,3-4,7,9,18H2,1-2H3. The van der Waals surface area contributed by atoms with E-state index >= 15 is 0 Å². The summed E-state index contributed by atoms with van der Waals surface area (Å²) < 4.78 is 0.953. The van der Waals surface area contributed by atoms with Crippen LogP contribution in [-0.4, -0.2) is 24.0 Å². The predicted molar refractivity (Wildman–Crippen MR) is 85.5 cm³/mol. The fraction of sp³-hybridized carbons (Fsp3) is 0.600. The van der Waals surface area contributed by atoms with E-state index in [1.165, 1.54) is 18.4 Å². The van der Waals surface area contributed by atoms with Crippen LogP contribution in [0.3, 0.4) is 0 Å². The molecule has 0 spiro atoms. The van der Waals surface area contributed by atoms with Gasteiger partial charge in [0.05, 0.1) is 5.02 Å². The van der Waals surface area contributed by atoms with Gasteiger partial charge in [0.25, 0.3) is 0 Å². The summed E-state index contributed by atoms with van der Waals surface area (Å²) in [6.45, 7) is 6.40. The second-order valence-electron chi connectivity index (χ2n) is 5.59. The lowest BCUT2D eigenvalue weighted by atomic mass is 9.84. The van der Waals surface area contributed by atoms with Crippen LogP contribution in [0, 0.1) is 5.92 Å². The van der Waals surface area contributed by atoms with Gasteiger partial charge in [-0.3, -0.25) is 4.90 Å². The Hall–Kier alpha value is -0.0900. The SMILES string of the molecule is CC(C)N1CCCC(CN)C1c1ccc(Br)c(Cl)c1. The first-order valence-corrected chi connectivity index (χ1v) is 8.12. The van der Waals surface area contributed by atoms with Gasteiger partial charge in [-0.2, -0.15) is 0 Å². The maximum Gasteiger partial charge on any atom is 0.0551 e. The minimum Gasteiger partial charge on any atom is -0.330 e. The van der Waals surface area contributed by atoms with Crippen LogP contribution in [0.1, 0.15) is 38.3 Å². The molecule has 2 rings (SSSR count). The van der Waals surface area contributed by atoms with Crippen LogP contribution in [0.4, 0.5) is 0 Å². The summed E-state index contributed by atoms with van der Waals surface area (Å²) in [4.78, 5) is 2.56. The minimum atomic E-state index is 0.393. The van der Waals surface area contributed by atoms with Gasteiger partial charge in [-0.1, -0.05) is 17.7 Å². The van der Waals surface area contributed by atoms with E-state index in [1.807, 2.05) is 6.07 Å². The van der Waals surface area contributed by atoms with Crippen molar-refractivity contribution in [2.45, 2.75) is 38.8 Å². The van der Waals surface area contributed by atoms with E-state index < -0.39 is 0 Å². The molecule has 2 unspecified atom stereocenters. The third kappa shape index (κ3) is 3.33. The Bertz CT molecular complexity index is 436. The van der Waals surface area contributed by atoms with Crippen molar-refractivity contribution in [3.8, 4) is 0 Å². The van der Waals surface area contributed by atoms with Crippen molar-refractivity contribution in [1.82, 2.24) is 4.90 Å². The zero-order valence-corrected chi connectivity index (χ0v) is 13.9. The van der Waals surface area contributed by atoms with Gasteiger partial charge >= 0.3 is 0 Å². The van der Waals surface area contributed by atoms with Crippen molar-refractivity contribution < 1.29 is 0 Å². The number of nitrogens with two attached hydrogens (primary N) is 1. The van der Waals surface area contributed by atoms with Gasteiger partial charge < -0.3 is 5.73 Å². The molecule has 0 saturated carbocycles. The first-order chi connectivity index (χ1) is 9.04. The highest BCUT2D eigenvalue weighted by Gasteiger charge is 2.33. The van der Waals surface area contributed by atoms with Crippen LogP contribution in [-0.2, 0) is 0 Å². The van der Waals surface area contributed by atoms with Gasteiger partial charge in [0.15, 0.2) is 0 Å². The highest BCUT2D eigenvalue weighted by atomic mass is 79.9. The van der Waals surface area contributed by atoms with Gasteiger partial charge in [-0.05, 0) is 79.3 Å². The molecule has 1 heterocycles. The summed E-state index contributed by atoms with van der Waals surface area (Å²) in [5.41, 5.74) is 7.28. The molecule has 1 saturated heterocycles. The zero-order chi connectivity index (χ0) is 14.0. The molecule has 106 valence electrons. The monoisotopic (exact) mass is 344 g/mol. The molecule has 1 aromatic rings. The normalized spacial score (nSPS) is 24.9. The lowest BCUT2D eigenvalue weighted by Gasteiger charge is -2.43. The summed E-state index contributed by atoms with van der Waals surface area (Å²) in [6, 6.07) is 7.22. The molecule has 19 heavy (non-hydrogen) atoms. The Balaban J connectivity index is 2.36. The van der Waals surface area contributed by atoms with Crippen LogP contribution in [0.5, 0.6) is 0 Å². The summed E-state index contributed by atoms with van der Waals surface area (Å²) in [7, 11) is 0. The Morgan fingerprint density at radius 2 is 2.21 bits per heavy atom. The fourth-order valence-electron chi connectivity index (χ4n) is 3.09. The van der Waals surface area contributed by atoms with Crippen molar-refractivity contribution in [3.63, 3.8) is 0 Å². The van der Waals surface area contributed by atoms with Crippen LogP contribution >= 0.6 is 27.5 Å². The van der Waals surface area contributed by atoms with Crippen LogP contribution in [0.2, 0.25) is 5.02 Å². The highest BCUT2D eigenvalue weighted by Crippen LogP contribution is 2.38. The van der Waals surface area contributed by atoms with E-state index in [0.29, 0.717) is 18.0 Å². The number of rotatable bonds is 3. The molecule has 2 N–H and O–H groups in total. The van der Waals surface area contributed by atoms with Crippen LogP contribution in [0.15, 0.2) is 22.7 Å². The highest BCUT2D eigenvalue weighted by molar-refractivity contribution is 9.10. The summed E-state index contributed by atoms with van der Waals surface area (Å²) >= 11 is 9.71. The van der Waals surface area contributed by atoms with Crippen LogP contribution in [0.25, 0.3) is 0 Å². The van der Waals surface area contributed by atoms with Crippen molar-refractivity contribution >= 4 is 27.5 Å². The quantitative estimate of drug-likeness (QED) is 0.888. The zero-order valence-electron chi connectivity index (χ0n) is 11.6. The summed E-state index contributed by atoms with van der Waals surface area (Å²) in [5.74, 6) is 0.522. The summed E-state index contributed by atoms with van der Waals surface area (Å²) in [6.07, 6.45) is 2.44. The van der Waals surface area contributed by atoms with Gasteiger partial charge in [0.2, 0.25) is 0 Å². The maximum atomic E-state index is 6.25. The Kier molecular flexibility index (Phi) is 5.29. The second kappa shape index (κ2) is 6.57. The molecule has 1 fully saturated rings. The molecular formula is C15H22BrClN2. The molecule has 4 heteroatoms. The Labute approximate surface area is 129 Å². The number of hydrogen-bond acceptors (Lipinski definition) is 2. The van der Waals surface area contributed by atoms with Crippen molar-refractivity contribution in [1.29, 1.82) is 0 Å². The first-order valence-electron chi connectivity index (χ1n) is 6.95. The van der Waals surface area contributed by atoms with E-state index in [4.69, 9.17) is 17.3 Å². The Morgan fingerprint density at radius 3 is 2.79 bits per heavy atom. The number of halogens is 2. The minimum absolute atomic E-state index is 0.393. The number of benzene rings is 1. The largest absolute Gasteiger partial charge is 0.330 e. The van der Waals surface area contributed by atoms with Gasteiger partial charge in [0.1, 0.15) is 0 Å². The molecule has 1 aliphatic heterocycles. The summed E-state index contributed by atoms with van der Waals surface area (Å²) in [5, 5.41) is 0.780. The lowest BCUT2D eigenvalue weighted by Crippen LogP contribution is -2.44. The molecule has 2 nitrogen and oxygen atoms in total. The molecule has 0 aromatic heterocycles. The van der Waals surface area contributed by atoms with Crippen molar-refractivity contribution in [3.05, 3.63) is 33.3 Å². The number of hydrogen-bond donors (Lipinski definition) is 1. The third-order valence-electron chi connectivity index (χ3n) is 4.05. The van der Waals surface area contributed by atoms with Gasteiger partial charge in [-0.15, -0.1) is 0 Å². The van der Waals surface area contributed by atoms with Crippen molar-refractivity contribution in [2.75, 3.05) is 13.1 Å². The molecule has 1 aromatic carbocycles. The number of piperidine rings is 1. The topological polar surface area (TPSA) is 29.3 Å². The van der Waals surface area contributed by atoms with Gasteiger partial charge in [-0.25, -0.2) is 0 Å². The first kappa shape index (κ1) is 15.3. The number of nitrogens with zero attached hydrogens (tertiary/aromatic N) is 1. The van der Waals surface area contributed by atoms with E-state index in [0.717, 1.165) is 22.6 Å². The third-order valence-corrected chi connectivity index (χ3v) is 5.28. The van der Waals surface area contributed by atoms with E-state index in [9.17, 15) is 0 Å². The van der Waals surface area contributed by atoms with Gasteiger partial charge in [0, 0.05) is 16.6 Å². The number of likely N-dealkylation sites (tertiary alicyclic amines) is 1. The van der Waals surface area contributed by atoms with Crippen LogP contribution < -0.4 is 5.73 Å². The van der Waals surface area contributed by atoms with E-state index in [1.54, 1.807) is 0 Å². The molecule has 0 aliphatic carbocycles. The predicted octanol–water partition coefficient (Wildman–Crippen LogP) is 4.22. The molecule has 0 amide bonds. The second-order valence-corrected chi connectivity index (χ2v) is 6.85. The molecular weight excluding hydrogens is 324 g/mol. The molecule has 2 atom stereocenters. The molecule has 0 radical (unpaired) electrons. The van der Waals surface area contributed by atoms with Crippen molar-refractivity contribution in [2.24, 2.45) is 11.7 Å². The maximum absolute atomic E-state index is 6.25. The average molecular weight is 346 g/mol.